The molecule has 7 nitrogen and oxygen atoms in total. The van der Waals surface area contributed by atoms with Crippen LogP contribution in [0.5, 0.6) is 0 Å². The lowest BCUT2D eigenvalue weighted by Crippen LogP contribution is -2.35. The molecular weight excluding hydrogens is 242 g/mol. The van der Waals surface area contributed by atoms with Gasteiger partial charge < -0.3 is 10.3 Å². The third-order valence-electron chi connectivity index (χ3n) is 3.85. The third-order valence-corrected chi connectivity index (χ3v) is 3.85. The van der Waals surface area contributed by atoms with Crippen LogP contribution in [-0.2, 0) is 0 Å². The monoisotopic (exact) mass is 257 g/mol. The number of imidazole rings is 1. The van der Waals surface area contributed by atoms with Crippen molar-refractivity contribution in [2.24, 2.45) is 0 Å². The summed E-state index contributed by atoms with van der Waals surface area (Å²) in [6, 6.07) is 0.523. The number of aromatic nitrogens is 6. The van der Waals surface area contributed by atoms with Gasteiger partial charge in [0.1, 0.15) is 17.7 Å². The molecule has 2 N–H and O–H groups in total. The van der Waals surface area contributed by atoms with Gasteiger partial charge in [0.2, 0.25) is 0 Å². The highest BCUT2D eigenvalue weighted by molar-refractivity contribution is 5.84. The lowest BCUT2D eigenvalue weighted by Gasteiger charge is -2.26. The Morgan fingerprint density at radius 2 is 2.26 bits per heavy atom. The van der Waals surface area contributed by atoms with Crippen molar-refractivity contribution in [3.05, 3.63) is 18.5 Å². The minimum absolute atomic E-state index is 0.438. The van der Waals surface area contributed by atoms with Crippen molar-refractivity contribution in [1.82, 2.24) is 34.9 Å². The predicted octanol–water partition coefficient (Wildman–Crippen LogP) is 0.856. The van der Waals surface area contributed by atoms with Gasteiger partial charge in [0.15, 0.2) is 11.3 Å². The molecule has 98 valence electrons. The van der Waals surface area contributed by atoms with E-state index in [0.29, 0.717) is 17.6 Å². The summed E-state index contributed by atoms with van der Waals surface area (Å²) in [7, 11) is 0. The van der Waals surface area contributed by atoms with E-state index in [2.05, 4.69) is 37.4 Å². The minimum Gasteiger partial charge on any atom is -0.340 e. The molecule has 0 saturated carbocycles. The zero-order valence-corrected chi connectivity index (χ0v) is 10.7. The highest BCUT2D eigenvalue weighted by Crippen LogP contribution is 2.27. The largest absolute Gasteiger partial charge is 0.340 e. The summed E-state index contributed by atoms with van der Waals surface area (Å²) in [5.74, 6) is 1.45. The second kappa shape index (κ2) is 3.99. The Kier molecular flexibility index (Phi) is 2.28. The molecule has 0 radical (unpaired) electrons. The molecule has 7 heteroatoms. The summed E-state index contributed by atoms with van der Waals surface area (Å²) in [4.78, 5) is 11.6. The van der Waals surface area contributed by atoms with E-state index in [9.17, 15) is 0 Å². The van der Waals surface area contributed by atoms with Crippen LogP contribution in [0.25, 0.3) is 16.8 Å². The first-order chi connectivity index (χ1) is 9.33. The lowest BCUT2D eigenvalue weighted by atomic mass is 9.92. The van der Waals surface area contributed by atoms with Crippen LogP contribution in [0.3, 0.4) is 0 Å². The molecule has 3 aromatic rings. The van der Waals surface area contributed by atoms with Crippen LogP contribution in [0.2, 0.25) is 0 Å². The number of aromatic amines is 1. The highest BCUT2D eigenvalue weighted by Gasteiger charge is 2.24. The Bertz CT molecular complexity index is 728. The van der Waals surface area contributed by atoms with E-state index in [1.54, 1.807) is 12.7 Å². The zero-order valence-electron chi connectivity index (χ0n) is 10.7. The molecule has 19 heavy (non-hydrogen) atoms. The van der Waals surface area contributed by atoms with Crippen molar-refractivity contribution in [3.8, 4) is 0 Å². The summed E-state index contributed by atoms with van der Waals surface area (Å²) < 4.78 is 1.99. The average molecular weight is 257 g/mol. The maximum Gasteiger partial charge on any atom is 0.189 e. The van der Waals surface area contributed by atoms with E-state index in [1.807, 2.05) is 4.40 Å². The molecule has 1 aliphatic rings. The number of rotatable bonds is 1. The molecule has 0 bridgehead atoms. The van der Waals surface area contributed by atoms with E-state index < -0.39 is 0 Å². The lowest BCUT2D eigenvalue weighted by molar-refractivity contribution is 0.369. The van der Waals surface area contributed by atoms with Gasteiger partial charge in [-0.05, 0) is 26.3 Å². The fourth-order valence-corrected chi connectivity index (χ4v) is 2.89. The Morgan fingerprint density at radius 3 is 3.16 bits per heavy atom. The molecule has 0 aliphatic carbocycles. The van der Waals surface area contributed by atoms with Gasteiger partial charge in [-0.15, -0.1) is 10.2 Å². The number of fused-ring (bicyclic) bond motifs is 3. The maximum atomic E-state index is 4.38. The Hall–Kier alpha value is -2.02. The van der Waals surface area contributed by atoms with E-state index in [0.717, 1.165) is 36.4 Å². The topological polar surface area (TPSA) is 83.8 Å². The van der Waals surface area contributed by atoms with E-state index in [-0.39, 0.29) is 0 Å². The number of piperidine rings is 1. The molecule has 2 atom stereocenters. The van der Waals surface area contributed by atoms with Gasteiger partial charge in [-0.3, -0.25) is 4.40 Å². The number of nitrogens with zero attached hydrogens (tertiary/aromatic N) is 5. The zero-order chi connectivity index (χ0) is 12.8. The number of nitrogens with one attached hydrogen (secondary N) is 2. The molecular formula is C12H15N7. The predicted molar refractivity (Wildman–Crippen MR) is 69.9 cm³/mol. The van der Waals surface area contributed by atoms with E-state index in [4.69, 9.17) is 0 Å². The van der Waals surface area contributed by atoms with E-state index >= 15 is 0 Å². The van der Waals surface area contributed by atoms with Gasteiger partial charge in [-0.1, -0.05) is 0 Å². The SMILES string of the molecule is CC1CC(c2nnc3c4[nH]cnc4ncn23)CCN1. The molecule has 4 rings (SSSR count). The van der Waals surface area contributed by atoms with Crippen LogP contribution < -0.4 is 5.32 Å². The second-order valence-electron chi connectivity index (χ2n) is 5.17. The van der Waals surface area contributed by atoms with Crippen LogP contribution >= 0.6 is 0 Å². The van der Waals surface area contributed by atoms with Gasteiger partial charge in [0.25, 0.3) is 0 Å². The normalized spacial score (nSPS) is 24.3. The Balaban J connectivity index is 1.86. The fraction of sp³-hybridized carbons (Fsp3) is 0.500. The Morgan fingerprint density at radius 1 is 1.32 bits per heavy atom. The standard InChI is InChI=1S/C12H15N7/c1-7-4-8(2-3-13-7)11-17-18-12-9-10(15-5-14-9)16-6-19(11)12/h5-8,13H,2-4H2,1H3,(H,14,15). The highest BCUT2D eigenvalue weighted by atomic mass is 15.3. The number of hydrogen-bond acceptors (Lipinski definition) is 5. The fourth-order valence-electron chi connectivity index (χ4n) is 2.89. The third kappa shape index (κ3) is 1.61. The summed E-state index contributed by atoms with van der Waals surface area (Å²) in [6.07, 6.45) is 5.59. The van der Waals surface area contributed by atoms with Crippen LogP contribution in [0.15, 0.2) is 12.7 Å². The summed E-state index contributed by atoms with van der Waals surface area (Å²) in [5.41, 5.74) is 2.34. The maximum absolute atomic E-state index is 4.38. The summed E-state index contributed by atoms with van der Waals surface area (Å²) >= 11 is 0. The first-order valence-electron chi connectivity index (χ1n) is 6.59. The van der Waals surface area contributed by atoms with Gasteiger partial charge in [0, 0.05) is 12.0 Å². The number of H-pyrrole nitrogens is 1. The van der Waals surface area contributed by atoms with Crippen molar-refractivity contribution in [2.75, 3.05) is 6.54 Å². The first-order valence-corrected chi connectivity index (χ1v) is 6.59. The molecule has 3 aromatic heterocycles. The molecule has 1 aliphatic heterocycles. The van der Waals surface area contributed by atoms with Crippen molar-refractivity contribution >= 4 is 16.8 Å². The molecule has 1 fully saturated rings. The summed E-state index contributed by atoms with van der Waals surface area (Å²) in [6.45, 7) is 3.24. The molecule has 0 aromatic carbocycles. The quantitative estimate of drug-likeness (QED) is 0.675. The number of hydrogen-bond donors (Lipinski definition) is 2. The van der Waals surface area contributed by atoms with E-state index in [1.165, 1.54) is 0 Å². The molecule has 1 saturated heterocycles. The second-order valence-corrected chi connectivity index (χ2v) is 5.17. The van der Waals surface area contributed by atoms with Gasteiger partial charge >= 0.3 is 0 Å². The van der Waals surface area contributed by atoms with Gasteiger partial charge in [-0.2, -0.15) is 0 Å². The van der Waals surface area contributed by atoms with Crippen molar-refractivity contribution < 1.29 is 0 Å². The van der Waals surface area contributed by atoms with Gasteiger partial charge in [-0.25, -0.2) is 9.97 Å². The van der Waals surface area contributed by atoms with Gasteiger partial charge in [0.05, 0.1) is 6.33 Å². The minimum atomic E-state index is 0.438. The molecule has 0 spiro atoms. The summed E-state index contributed by atoms with van der Waals surface area (Å²) in [5, 5.41) is 12.1. The van der Waals surface area contributed by atoms with Crippen LogP contribution in [-0.4, -0.2) is 42.1 Å². The molecule has 4 heterocycles. The molecule has 0 amide bonds. The van der Waals surface area contributed by atoms with Crippen molar-refractivity contribution in [1.29, 1.82) is 0 Å². The first kappa shape index (κ1) is 10.9. The van der Waals surface area contributed by atoms with Crippen LogP contribution in [0.1, 0.15) is 31.5 Å². The molecule has 2 unspecified atom stereocenters. The van der Waals surface area contributed by atoms with Crippen molar-refractivity contribution in [3.63, 3.8) is 0 Å². The van der Waals surface area contributed by atoms with Crippen molar-refractivity contribution in [2.45, 2.75) is 31.7 Å². The van der Waals surface area contributed by atoms with Crippen LogP contribution in [0, 0.1) is 0 Å². The Labute approximate surface area is 109 Å². The van der Waals surface area contributed by atoms with Crippen LogP contribution in [0.4, 0.5) is 0 Å². The smallest absolute Gasteiger partial charge is 0.189 e. The average Bonchev–Trinajstić information content (AvgIpc) is 3.04.